The van der Waals surface area contributed by atoms with Gasteiger partial charge in [-0.15, -0.1) is 0 Å². The van der Waals surface area contributed by atoms with E-state index in [1.807, 2.05) is 12.1 Å². The summed E-state index contributed by atoms with van der Waals surface area (Å²) in [5.41, 5.74) is 6.52. The maximum atomic E-state index is 12.1. The van der Waals surface area contributed by atoms with Gasteiger partial charge in [-0.25, -0.2) is 13.1 Å². The number of hydrogen-bond donors (Lipinski definition) is 2. The largest absolute Gasteiger partial charge is 0.330 e. The smallest absolute Gasteiger partial charge is 0.240 e. The minimum atomic E-state index is -3.37. The van der Waals surface area contributed by atoms with Crippen LogP contribution in [-0.4, -0.2) is 32.5 Å². The highest BCUT2D eigenvalue weighted by Crippen LogP contribution is 2.19. The summed E-state index contributed by atoms with van der Waals surface area (Å²) in [6.45, 7) is 0.573. The van der Waals surface area contributed by atoms with Gasteiger partial charge in [0.2, 0.25) is 10.0 Å². The lowest BCUT2D eigenvalue weighted by molar-refractivity contribution is 0.563. The SMILES string of the molecule is NCCc1ccc(S(=O)(=O)NC2CCSC2)cc1. The lowest BCUT2D eigenvalue weighted by Crippen LogP contribution is -2.34. The molecule has 1 aliphatic rings. The number of sulfonamides is 1. The van der Waals surface area contributed by atoms with Crippen molar-refractivity contribution in [3.63, 3.8) is 0 Å². The van der Waals surface area contributed by atoms with Crippen molar-refractivity contribution in [1.29, 1.82) is 0 Å². The molecule has 0 aromatic heterocycles. The fourth-order valence-electron chi connectivity index (χ4n) is 1.92. The van der Waals surface area contributed by atoms with Crippen LogP contribution in [0.2, 0.25) is 0 Å². The Bertz CT molecular complexity index is 479. The molecule has 0 radical (unpaired) electrons. The maximum absolute atomic E-state index is 12.1. The first-order chi connectivity index (χ1) is 8.62. The van der Waals surface area contributed by atoms with Crippen LogP contribution in [0.25, 0.3) is 0 Å². The normalized spacial score (nSPS) is 20.2. The van der Waals surface area contributed by atoms with E-state index in [0.29, 0.717) is 11.4 Å². The molecule has 1 unspecified atom stereocenters. The summed E-state index contributed by atoms with van der Waals surface area (Å²) in [5, 5.41) is 0. The number of thioether (sulfide) groups is 1. The molecule has 1 atom stereocenters. The minimum absolute atomic E-state index is 0.0729. The number of hydrogen-bond acceptors (Lipinski definition) is 4. The molecule has 3 N–H and O–H groups in total. The van der Waals surface area contributed by atoms with Gasteiger partial charge >= 0.3 is 0 Å². The number of nitrogens with one attached hydrogen (secondary N) is 1. The molecule has 4 nitrogen and oxygen atoms in total. The molecular weight excluding hydrogens is 268 g/mol. The van der Waals surface area contributed by atoms with Gasteiger partial charge in [-0.1, -0.05) is 12.1 Å². The van der Waals surface area contributed by atoms with E-state index in [0.717, 1.165) is 29.9 Å². The molecule has 1 aromatic rings. The second kappa shape index (κ2) is 6.06. The van der Waals surface area contributed by atoms with Gasteiger partial charge < -0.3 is 5.73 Å². The first kappa shape index (κ1) is 13.9. The monoisotopic (exact) mass is 286 g/mol. The van der Waals surface area contributed by atoms with Gasteiger partial charge in [0.15, 0.2) is 0 Å². The quantitative estimate of drug-likeness (QED) is 0.846. The average Bonchev–Trinajstić information content (AvgIpc) is 2.82. The topological polar surface area (TPSA) is 72.2 Å². The molecule has 1 saturated heterocycles. The Hall–Kier alpha value is -0.560. The van der Waals surface area contributed by atoms with Crippen LogP contribution >= 0.6 is 11.8 Å². The summed E-state index contributed by atoms with van der Waals surface area (Å²) in [6.07, 6.45) is 1.68. The molecule has 100 valence electrons. The number of benzene rings is 1. The lowest BCUT2D eigenvalue weighted by Gasteiger charge is -2.12. The molecule has 1 aliphatic heterocycles. The molecular formula is C12H18N2O2S2. The highest BCUT2D eigenvalue weighted by molar-refractivity contribution is 7.99. The molecule has 0 spiro atoms. The predicted molar refractivity (Wildman–Crippen MR) is 75.3 cm³/mol. The first-order valence-corrected chi connectivity index (χ1v) is 8.65. The fraction of sp³-hybridized carbons (Fsp3) is 0.500. The van der Waals surface area contributed by atoms with E-state index in [2.05, 4.69) is 4.72 Å². The first-order valence-electron chi connectivity index (χ1n) is 6.01. The maximum Gasteiger partial charge on any atom is 0.240 e. The van der Waals surface area contributed by atoms with Crippen molar-refractivity contribution < 1.29 is 8.42 Å². The van der Waals surface area contributed by atoms with Gasteiger partial charge in [0.1, 0.15) is 0 Å². The van der Waals surface area contributed by atoms with Crippen molar-refractivity contribution in [3.05, 3.63) is 29.8 Å². The van der Waals surface area contributed by atoms with Crippen LogP contribution in [0.1, 0.15) is 12.0 Å². The Balaban J connectivity index is 2.08. The van der Waals surface area contributed by atoms with Crippen LogP contribution in [-0.2, 0) is 16.4 Å². The van der Waals surface area contributed by atoms with Gasteiger partial charge in [0.05, 0.1) is 4.90 Å². The lowest BCUT2D eigenvalue weighted by atomic mass is 10.2. The van der Waals surface area contributed by atoms with Crippen molar-refractivity contribution in [1.82, 2.24) is 4.72 Å². The van der Waals surface area contributed by atoms with E-state index in [9.17, 15) is 8.42 Å². The van der Waals surface area contributed by atoms with E-state index in [4.69, 9.17) is 5.73 Å². The molecule has 18 heavy (non-hydrogen) atoms. The number of rotatable bonds is 5. The van der Waals surface area contributed by atoms with E-state index in [1.165, 1.54) is 0 Å². The van der Waals surface area contributed by atoms with Gasteiger partial charge in [-0.3, -0.25) is 0 Å². The zero-order valence-electron chi connectivity index (χ0n) is 10.1. The van der Waals surface area contributed by atoms with Crippen molar-refractivity contribution in [3.8, 4) is 0 Å². The minimum Gasteiger partial charge on any atom is -0.330 e. The van der Waals surface area contributed by atoms with Crippen LogP contribution in [0, 0.1) is 0 Å². The zero-order chi connectivity index (χ0) is 13.0. The fourth-order valence-corrected chi connectivity index (χ4v) is 4.45. The summed E-state index contributed by atoms with van der Waals surface area (Å²) < 4.78 is 27.0. The van der Waals surface area contributed by atoms with Crippen molar-refractivity contribution in [2.45, 2.75) is 23.8 Å². The standard InChI is InChI=1S/C12H18N2O2S2/c13-7-5-10-1-3-12(4-2-10)18(15,16)14-11-6-8-17-9-11/h1-4,11,14H,5-9,13H2. The molecule has 1 fully saturated rings. The van der Waals surface area contributed by atoms with E-state index >= 15 is 0 Å². The van der Waals surface area contributed by atoms with E-state index < -0.39 is 10.0 Å². The molecule has 0 bridgehead atoms. The third-order valence-electron chi connectivity index (χ3n) is 2.92. The molecule has 0 amide bonds. The number of nitrogens with two attached hydrogens (primary N) is 1. The third kappa shape index (κ3) is 3.47. The Morgan fingerprint density at radius 3 is 2.61 bits per heavy atom. The van der Waals surface area contributed by atoms with E-state index in [-0.39, 0.29) is 6.04 Å². The van der Waals surface area contributed by atoms with Gasteiger partial charge in [0, 0.05) is 11.8 Å². The Morgan fingerprint density at radius 1 is 1.33 bits per heavy atom. The Labute approximate surface area is 112 Å². The summed E-state index contributed by atoms with van der Waals surface area (Å²) in [4.78, 5) is 0.333. The second-order valence-electron chi connectivity index (χ2n) is 4.36. The molecule has 0 aliphatic carbocycles. The van der Waals surface area contributed by atoms with Crippen LogP contribution < -0.4 is 10.5 Å². The van der Waals surface area contributed by atoms with Crippen LogP contribution in [0.4, 0.5) is 0 Å². The highest BCUT2D eigenvalue weighted by atomic mass is 32.2. The summed E-state index contributed by atoms with van der Waals surface area (Å²) in [6, 6.07) is 7.02. The molecule has 6 heteroatoms. The summed E-state index contributed by atoms with van der Waals surface area (Å²) in [5.74, 6) is 1.90. The average molecular weight is 286 g/mol. The molecule has 1 aromatic carbocycles. The van der Waals surface area contributed by atoms with E-state index in [1.54, 1.807) is 23.9 Å². The van der Waals surface area contributed by atoms with Crippen molar-refractivity contribution in [2.24, 2.45) is 5.73 Å². The zero-order valence-corrected chi connectivity index (χ0v) is 11.8. The van der Waals surface area contributed by atoms with Crippen LogP contribution in [0.15, 0.2) is 29.2 Å². The van der Waals surface area contributed by atoms with Gasteiger partial charge in [-0.2, -0.15) is 11.8 Å². The van der Waals surface area contributed by atoms with Crippen LogP contribution in [0.3, 0.4) is 0 Å². The molecule has 1 heterocycles. The van der Waals surface area contributed by atoms with Crippen LogP contribution in [0.5, 0.6) is 0 Å². The van der Waals surface area contributed by atoms with Gasteiger partial charge in [0.25, 0.3) is 0 Å². The second-order valence-corrected chi connectivity index (χ2v) is 7.23. The van der Waals surface area contributed by atoms with Crippen molar-refractivity contribution >= 4 is 21.8 Å². The Kier molecular flexibility index (Phi) is 4.66. The molecule has 2 rings (SSSR count). The molecule has 0 saturated carbocycles. The predicted octanol–water partition coefficient (Wildman–Crippen LogP) is 0.972. The van der Waals surface area contributed by atoms with Gasteiger partial charge in [-0.05, 0) is 42.8 Å². The van der Waals surface area contributed by atoms with Crippen molar-refractivity contribution in [2.75, 3.05) is 18.1 Å². The Morgan fingerprint density at radius 2 is 2.06 bits per heavy atom. The summed E-state index contributed by atoms with van der Waals surface area (Å²) >= 11 is 1.79. The summed E-state index contributed by atoms with van der Waals surface area (Å²) in [7, 11) is -3.37. The highest BCUT2D eigenvalue weighted by Gasteiger charge is 2.22. The third-order valence-corrected chi connectivity index (χ3v) is 5.62.